The van der Waals surface area contributed by atoms with Crippen molar-refractivity contribution in [3.05, 3.63) is 76.3 Å². The second-order valence-corrected chi connectivity index (χ2v) is 8.70. The number of aryl methyl sites for hydroxylation is 3. The highest BCUT2D eigenvalue weighted by atomic mass is 32.2. The van der Waals surface area contributed by atoms with Crippen LogP contribution in [-0.4, -0.2) is 21.0 Å². The molecule has 6 nitrogen and oxygen atoms in total. The molecule has 2 aromatic heterocycles. The van der Waals surface area contributed by atoms with Crippen molar-refractivity contribution in [2.75, 3.05) is 5.32 Å². The van der Waals surface area contributed by atoms with E-state index in [2.05, 4.69) is 52.5 Å². The minimum Gasteiger partial charge on any atom is -0.340 e. The van der Waals surface area contributed by atoms with Gasteiger partial charge in [0.15, 0.2) is 11.0 Å². The van der Waals surface area contributed by atoms with Crippen LogP contribution in [0.5, 0.6) is 0 Å². The molecular formula is C22H20N4O2S2. The van der Waals surface area contributed by atoms with Crippen LogP contribution in [0, 0.1) is 20.8 Å². The second-order valence-electron chi connectivity index (χ2n) is 6.82. The molecule has 0 saturated heterocycles. The van der Waals surface area contributed by atoms with E-state index < -0.39 is 0 Å². The molecule has 4 aromatic rings. The van der Waals surface area contributed by atoms with Gasteiger partial charge in [-0.2, -0.15) is 4.98 Å². The molecular weight excluding hydrogens is 416 g/mol. The van der Waals surface area contributed by atoms with Crippen molar-refractivity contribution in [3.8, 4) is 11.3 Å². The highest BCUT2D eigenvalue weighted by molar-refractivity contribution is 7.98. The number of anilines is 1. The van der Waals surface area contributed by atoms with Gasteiger partial charge >= 0.3 is 0 Å². The first kappa shape index (κ1) is 20.3. The van der Waals surface area contributed by atoms with Crippen LogP contribution in [0.4, 0.5) is 5.13 Å². The lowest BCUT2D eigenvalue weighted by Gasteiger charge is -2.07. The first-order valence-corrected chi connectivity index (χ1v) is 11.2. The Morgan fingerprint density at radius 1 is 1.13 bits per heavy atom. The summed E-state index contributed by atoms with van der Waals surface area (Å²) in [5, 5.41) is 9.37. The van der Waals surface area contributed by atoms with E-state index in [4.69, 9.17) is 4.52 Å². The molecule has 2 aromatic carbocycles. The Hall–Kier alpha value is -2.97. The number of hydrogen-bond acceptors (Lipinski definition) is 7. The Morgan fingerprint density at radius 2 is 1.97 bits per heavy atom. The first-order chi connectivity index (χ1) is 14.5. The van der Waals surface area contributed by atoms with Crippen molar-refractivity contribution in [2.24, 2.45) is 0 Å². The predicted octanol–water partition coefficient (Wildman–Crippen LogP) is 5.66. The van der Waals surface area contributed by atoms with E-state index in [-0.39, 0.29) is 5.91 Å². The number of amides is 1. The third kappa shape index (κ3) is 4.60. The molecule has 1 N–H and O–H groups in total. The zero-order valence-corrected chi connectivity index (χ0v) is 18.4. The van der Waals surface area contributed by atoms with Crippen molar-refractivity contribution in [2.45, 2.75) is 31.4 Å². The number of nitrogens with zero attached hydrogens (tertiary/aromatic N) is 3. The maximum atomic E-state index is 12.9. The van der Waals surface area contributed by atoms with Gasteiger partial charge in [-0.3, -0.25) is 10.1 Å². The largest absolute Gasteiger partial charge is 0.340 e. The van der Waals surface area contributed by atoms with E-state index in [1.165, 1.54) is 28.7 Å². The van der Waals surface area contributed by atoms with Crippen molar-refractivity contribution in [1.82, 2.24) is 15.1 Å². The maximum absolute atomic E-state index is 12.9. The van der Waals surface area contributed by atoms with E-state index in [9.17, 15) is 4.79 Å². The molecule has 2 heterocycles. The second kappa shape index (κ2) is 8.81. The van der Waals surface area contributed by atoms with Crippen molar-refractivity contribution >= 4 is 34.1 Å². The van der Waals surface area contributed by atoms with Crippen molar-refractivity contribution in [1.29, 1.82) is 0 Å². The summed E-state index contributed by atoms with van der Waals surface area (Å²) in [6, 6.07) is 13.7. The number of carbonyl (C=O) groups excluding carboxylic acids is 1. The Labute approximate surface area is 182 Å². The summed E-state index contributed by atoms with van der Waals surface area (Å²) in [5.74, 6) is 1.46. The number of hydrogen-bond donors (Lipinski definition) is 1. The molecule has 0 saturated carbocycles. The summed E-state index contributed by atoms with van der Waals surface area (Å²) in [6.45, 7) is 5.89. The fourth-order valence-electron chi connectivity index (χ4n) is 3.04. The molecule has 0 aliphatic rings. The Balaban J connectivity index is 1.49. The van der Waals surface area contributed by atoms with Crippen LogP contribution in [-0.2, 0) is 5.75 Å². The number of rotatable bonds is 6. The molecule has 0 spiro atoms. The monoisotopic (exact) mass is 436 g/mol. The minimum absolute atomic E-state index is 0.191. The molecule has 0 fully saturated rings. The van der Waals surface area contributed by atoms with Crippen molar-refractivity contribution < 1.29 is 9.32 Å². The third-order valence-electron chi connectivity index (χ3n) is 4.44. The van der Waals surface area contributed by atoms with E-state index in [1.54, 1.807) is 13.0 Å². The zero-order chi connectivity index (χ0) is 21.1. The normalized spacial score (nSPS) is 10.9. The van der Waals surface area contributed by atoms with Gasteiger partial charge in [-0.15, -0.1) is 23.1 Å². The topological polar surface area (TPSA) is 80.9 Å². The standard InChI is InChI=1S/C22H20N4O2S2/c1-13-8-9-16(14(2)10-13)18-11-30-22(24-18)25-21(27)17-6-4-5-7-19(17)29-12-20-23-15(3)28-26-20/h4-11H,12H2,1-3H3,(H,24,25,27). The lowest BCUT2D eigenvalue weighted by atomic mass is 10.0. The van der Waals surface area contributed by atoms with Gasteiger partial charge in [0.2, 0.25) is 5.89 Å². The molecule has 0 aliphatic heterocycles. The molecule has 0 atom stereocenters. The Morgan fingerprint density at radius 3 is 2.73 bits per heavy atom. The molecule has 0 radical (unpaired) electrons. The van der Waals surface area contributed by atoms with E-state index in [0.717, 1.165) is 21.7 Å². The summed E-state index contributed by atoms with van der Waals surface area (Å²) < 4.78 is 5.00. The third-order valence-corrected chi connectivity index (χ3v) is 6.27. The summed E-state index contributed by atoms with van der Waals surface area (Å²) in [5.41, 5.74) is 4.90. The van der Waals surface area contributed by atoms with Gasteiger partial charge in [0.25, 0.3) is 5.91 Å². The number of carbonyl (C=O) groups is 1. The maximum Gasteiger partial charge on any atom is 0.258 e. The summed E-state index contributed by atoms with van der Waals surface area (Å²) >= 11 is 2.91. The highest BCUT2D eigenvalue weighted by Gasteiger charge is 2.15. The lowest BCUT2D eigenvalue weighted by Crippen LogP contribution is -2.12. The molecule has 4 rings (SSSR count). The molecule has 152 valence electrons. The molecule has 0 bridgehead atoms. The van der Waals surface area contributed by atoms with Gasteiger partial charge in [0, 0.05) is 22.8 Å². The number of nitrogens with one attached hydrogen (secondary N) is 1. The van der Waals surface area contributed by atoms with Crippen molar-refractivity contribution in [3.63, 3.8) is 0 Å². The minimum atomic E-state index is -0.191. The van der Waals surface area contributed by atoms with Crippen LogP contribution in [0.15, 0.2) is 57.3 Å². The lowest BCUT2D eigenvalue weighted by molar-refractivity contribution is 0.102. The van der Waals surface area contributed by atoms with Crippen LogP contribution in [0.25, 0.3) is 11.3 Å². The van der Waals surface area contributed by atoms with Crippen LogP contribution in [0.2, 0.25) is 0 Å². The van der Waals surface area contributed by atoms with Gasteiger partial charge in [-0.25, -0.2) is 4.98 Å². The summed E-state index contributed by atoms with van der Waals surface area (Å²) in [6.07, 6.45) is 0. The molecule has 0 unspecified atom stereocenters. The molecule has 30 heavy (non-hydrogen) atoms. The van der Waals surface area contributed by atoms with E-state index in [0.29, 0.717) is 28.2 Å². The molecule has 1 amide bonds. The first-order valence-electron chi connectivity index (χ1n) is 9.35. The Bertz CT molecular complexity index is 1200. The van der Waals surface area contributed by atoms with Crippen LogP contribution < -0.4 is 5.32 Å². The summed E-state index contributed by atoms with van der Waals surface area (Å²) in [7, 11) is 0. The SMILES string of the molecule is Cc1ccc(-c2csc(NC(=O)c3ccccc3SCc3noc(C)n3)n2)c(C)c1. The smallest absolute Gasteiger partial charge is 0.258 e. The van der Waals surface area contributed by atoms with Gasteiger partial charge in [0.05, 0.1) is 17.0 Å². The average molecular weight is 437 g/mol. The van der Waals surface area contributed by atoms with Gasteiger partial charge in [-0.1, -0.05) is 41.1 Å². The number of thioether (sulfide) groups is 1. The van der Waals surface area contributed by atoms with E-state index in [1.807, 2.05) is 23.6 Å². The predicted molar refractivity (Wildman–Crippen MR) is 120 cm³/mol. The zero-order valence-electron chi connectivity index (χ0n) is 16.8. The Kier molecular flexibility index (Phi) is 5.96. The number of thiazole rings is 1. The fourth-order valence-corrected chi connectivity index (χ4v) is 4.64. The van der Waals surface area contributed by atoms with Crippen LogP contribution >= 0.6 is 23.1 Å². The van der Waals surface area contributed by atoms with E-state index >= 15 is 0 Å². The average Bonchev–Trinajstić information content (AvgIpc) is 3.35. The van der Waals surface area contributed by atoms with Gasteiger partial charge in [0.1, 0.15) is 0 Å². The quantitative estimate of drug-likeness (QED) is 0.393. The number of aromatic nitrogens is 3. The highest BCUT2D eigenvalue weighted by Crippen LogP contribution is 2.30. The van der Waals surface area contributed by atoms with Crippen LogP contribution in [0.3, 0.4) is 0 Å². The van der Waals surface area contributed by atoms with Gasteiger partial charge in [-0.05, 0) is 31.5 Å². The van der Waals surface area contributed by atoms with Gasteiger partial charge < -0.3 is 4.52 Å². The fraction of sp³-hybridized carbons (Fsp3) is 0.182. The number of benzene rings is 2. The summed E-state index contributed by atoms with van der Waals surface area (Å²) in [4.78, 5) is 22.6. The molecule has 0 aliphatic carbocycles. The van der Waals surface area contributed by atoms with Crippen LogP contribution in [0.1, 0.15) is 33.2 Å². The molecule has 8 heteroatoms.